The van der Waals surface area contributed by atoms with Crippen molar-refractivity contribution in [3.63, 3.8) is 0 Å². The number of nitrogens with two attached hydrogens (primary N) is 1. The van der Waals surface area contributed by atoms with Gasteiger partial charge >= 0.3 is 0 Å². The number of carbonyl (C=O) groups excluding carboxylic acids is 2. The van der Waals surface area contributed by atoms with Crippen molar-refractivity contribution in [2.24, 2.45) is 0 Å². The number of hydrogen-bond donors (Lipinski definition) is 2. The van der Waals surface area contributed by atoms with E-state index in [9.17, 15) is 9.59 Å². The topological polar surface area (TPSA) is 81.4 Å². The Hall–Kier alpha value is -2.34. The lowest BCUT2D eigenvalue weighted by molar-refractivity contribution is -0.116. The zero-order valence-corrected chi connectivity index (χ0v) is 16.8. The molecule has 2 aromatic carbocycles. The second-order valence-electron chi connectivity index (χ2n) is 6.09. The van der Waals surface area contributed by atoms with Gasteiger partial charge in [-0.1, -0.05) is 22.0 Å². The van der Waals surface area contributed by atoms with Crippen molar-refractivity contribution in [2.45, 2.75) is 26.7 Å². The molecule has 0 bridgehead atoms. The Morgan fingerprint density at radius 1 is 1.23 bits per heavy atom. The summed E-state index contributed by atoms with van der Waals surface area (Å²) in [6.45, 7) is 4.00. The van der Waals surface area contributed by atoms with Crippen molar-refractivity contribution in [3.05, 3.63) is 57.1 Å². The average Bonchev–Trinajstić information content (AvgIpc) is 2.57. The van der Waals surface area contributed by atoms with Gasteiger partial charge in [-0.05, 0) is 49.2 Å². The Bertz CT molecular complexity index is 834. The summed E-state index contributed by atoms with van der Waals surface area (Å²) in [6, 6.07) is 9.11. The van der Waals surface area contributed by atoms with Crippen LogP contribution in [-0.4, -0.2) is 25.3 Å². The molecule has 0 heterocycles. The highest BCUT2D eigenvalue weighted by atomic mass is 79.9. The molecule has 0 aliphatic rings. The number of methoxy groups -OCH3 is 1. The van der Waals surface area contributed by atoms with Crippen LogP contribution in [0.5, 0.6) is 5.75 Å². The van der Waals surface area contributed by atoms with Crippen LogP contribution in [0, 0.1) is 0 Å². The fourth-order valence-electron chi connectivity index (χ4n) is 2.76. The summed E-state index contributed by atoms with van der Waals surface area (Å²) in [5.74, 6) is 0.651. The summed E-state index contributed by atoms with van der Waals surface area (Å²) in [4.78, 5) is 23.3. The number of ketones is 1. The molecule has 0 radical (unpaired) electrons. The Morgan fingerprint density at radius 3 is 2.54 bits per heavy atom. The molecule has 2 aromatic rings. The number of carbonyl (C=O) groups is 2. The molecule has 2 rings (SSSR count). The predicted octanol–water partition coefficient (Wildman–Crippen LogP) is 3.51. The zero-order valence-electron chi connectivity index (χ0n) is 15.2. The van der Waals surface area contributed by atoms with Crippen LogP contribution >= 0.6 is 15.9 Å². The van der Waals surface area contributed by atoms with Gasteiger partial charge in [-0.2, -0.15) is 0 Å². The third kappa shape index (κ3) is 4.85. The van der Waals surface area contributed by atoms with Gasteiger partial charge in [0.15, 0.2) is 0 Å². The van der Waals surface area contributed by atoms with Gasteiger partial charge < -0.3 is 15.8 Å². The molecule has 0 aromatic heterocycles. The molecule has 5 nitrogen and oxygen atoms in total. The highest BCUT2D eigenvalue weighted by Gasteiger charge is 2.14. The highest BCUT2D eigenvalue weighted by Crippen LogP contribution is 2.32. The summed E-state index contributed by atoms with van der Waals surface area (Å²) in [6.07, 6.45) is 0.907. The number of benzene rings is 2. The number of amides is 1. The largest absolute Gasteiger partial charge is 0.496 e. The van der Waals surface area contributed by atoms with Crippen LogP contribution in [0.4, 0.5) is 5.69 Å². The SMILES string of the molecule is CCNC(=O)c1ccc(Cc2c(Br)cc(CC(C)=O)cc2OC)c(N)c1. The summed E-state index contributed by atoms with van der Waals surface area (Å²) in [5, 5.41) is 2.76. The number of anilines is 1. The molecular weight excluding hydrogens is 396 g/mol. The first kappa shape index (κ1) is 20.0. The van der Waals surface area contributed by atoms with E-state index in [2.05, 4.69) is 21.2 Å². The van der Waals surface area contributed by atoms with E-state index in [1.54, 1.807) is 26.2 Å². The molecule has 6 heteroatoms. The maximum atomic E-state index is 11.9. The third-order valence-electron chi connectivity index (χ3n) is 4.00. The first-order chi connectivity index (χ1) is 12.3. The molecule has 0 unspecified atom stereocenters. The number of nitrogens with one attached hydrogen (secondary N) is 1. The van der Waals surface area contributed by atoms with Crippen molar-refractivity contribution in [1.29, 1.82) is 0 Å². The first-order valence-corrected chi connectivity index (χ1v) is 9.16. The van der Waals surface area contributed by atoms with E-state index in [4.69, 9.17) is 10.5 Å². The van der Waals surface area contributed by atoms with Crippen molar-refractivity contribution in [3.8, 4) is 5.75 Å². The van der Waals surface area contributed by atoms with E-state index in [-0.39, 0.29) is 11.7 Å². The van der Waals surface area contributed by atoms with E-state index < -0.39 is 0 Å². The quantitative estimate of drug-likeness (QED) is 0.673. The Labute approximate surface area is 162 Å². The standard InChI is InChI=1S/C20H23BrN2O3/c1-4-23-20(25)15-6-5-14(18(22)11-15)10-16-17(21)8-13(7-12(2)24)9-19(16)26-3/h5-6,8-9,11H,4,7,10,22H2,1-3H3,(H,23,25). The van der Waals surface area contributed by atoms with Gasteiger partial charge in [0, 0.05) is 40.7 Å². The summed E-state index contributed by atoms with van der Waals surface area (Å²) < 4.78 is 6.37. The second kappa shape index (κ2) is 8.85. The van der Waals surface area contributed by atoms with Gasteiger partial charge in [0.2, 0.25) is 0 Å². The monoisotopic (exact) mass is 418 g/mol. The van der Waals surface area contributed by atoms with Crippen molar-refractivity contribution >= 4 is 33.3 Å². The number of rotatable bonds is 7. The van der Waals surface area contributed by atoms with E-state index in [1.165, 1.54) is 0 Å². The average molecular weight is 419 g/mol. The minimum Gasteiger partial charge on any atom is -0.496 e. The van der Waals surface area contributed by atoms with Gasteiger partial charge in [0.1, 0.15) is 11.5 Å². The normalized spacial score (nSPS) is 10.5. The maximum absolute atomic E-state index is 11.9. The minimum absolute atomic E-state index is 0.0943. The van der Waals surface area contributed by atoms with E-state index in [1.807, 2.05) is 25.1 Å². The molecule has 3 N–H and O–H groups in total. The van der Waals surface area contributed by atoms with Gasteiger partial charge in [0.05, 0.1) is 7.11 Å². The van der Waals surface area contributed by atoms with Gasteiger partial charge in [-0.3, -0.25) is 9.59 Å². The second-order valence-corrected chi connectivity index (χ2v) is 6.94. The van der Waals surface area contributed by atoms with E-state index in [0.29, 0.717) is 36.4 Å². The Morgan fingerprint density at radius 2 is 1.96 bits per heavy atom. The predicted molar refractivity (Wildman–Crippen MR) is 107 cm³/mol. The maximum Gasteiger partial charge on any atom is 0.251 e. The molecule has 0 atom stereocenters. The smallest absolute Gasteiger partial charge is 0.251 e. The van der Waals surface area contributed by atoms with E-state index in [0.717, 1.165) is 21.2 Å². The molecule has 0 aliphatic carbocycles. The van der Waals surface area contributed by atoms with Crippen LogP contribution in [0.1, 0.15) is 40.9 Å². The Balaban J connectivity index is 2.33. The first-order valence-electron chi connectivity index (χ1n) is 8.37. The zero-order chi connectivity index (χ0) is 19.3. The van der Waals surface area contributed by atoms with E-state index >= 15 is 0 Å². The van der Waals surface area contributed by atoms with Crippen LogP contribution in [-0.2, 0) is 17.6 Å². The molecule has 1 amide bonds. The lowest BCUT2D eigenvalue weighted by Crippen LogP contribution is -2.22. The fourth-order valence-corrected chi connectivity index (χ4v) is 3.39. The van der Waals surface area contributed by atoms with Crippen molar-refractivity contribution in [2.75, 3.05) is 19.4 Å². The van der Waals surface area contributed by atoms with Crippen LogP contribution in [0.25, 0.3) is 0 Å². The fraction of sp³-hybridized carbons (Fsp3) is 0.300. The summed E-state index contributed by atoms with van der Waals surface area (Å²) in [5.41, 5.74) is 9.98. The number of ether oxygens (including phenoxy) is 1. The van der Waals surface area contributed by atoms with Crippen LogP contribution in [0.2, 0.25) is 0 Å². The summed E-state index contributed by atoms with van der Waals surface area (Å²) in [7, 11) is 1.60. The summed E-state index contributed by atoms with van der Waals surface area (Å²) >= 11 is 3.57. The van der Waals surface area contributed by atoms with Gasteiger partial charge in [0.25, 0.3) is 5.91 Å². The molecule has 0 spiro atoms. The van der Waals surface area contributed by atoms with Gasteiger partial charge in [-0.15, -0.1) is 0 Å². The molecule has 138 valence electrons. The minimum atomic E-state index is -0.141. The van der Waals surface area contributed by atoms with Crippen LogP contribution in [0.15, 0.2) is 34.8 Å². The third-order valence-corrected chi connectivity index (χ3v) is 4.71. The lowest BCUT2D eigenvalue weighted by Gasteiger charge is -2.15. The van der Waals surface area contributed by atoms with Crippen molar-refractivity contribution in [1.82, 2.24) is 5.32 Å². The number of nitrogen functional groups attached to an aromatic ring is 1. The molecule has 0 saturated heterocycles. The van der Waals surface area contributed by atoms with Gasteiger partial charge in [-0.25, -0.2) is 0 Å². The van der Waals surface area contributed by atoms with Crippen LogP contribution in [0.3, 0.4) is 0 Å². The molecular formula is C20H23BrN2O3. The molecule has 26 heavy (non-hydrogen) atoms. The molecule has 0 aliphatic heterocycles. The number of halogens is 1. The molecule has 0 fully saturated rings. The Kier molecular flexibility index (Phi) is 6.80. The van der Waals surface area contributed by atoms with Crippen molar-refractivity contribution < 1.29 is 14.3 Å². The number of Topliss-reactive ketones (excluding diaryl/α,β-unsaturated/α-hetero) is 1. The van der Waals surface area contributed by atoms with Crippen LogP contribution < -0.4 is 15.8 Å². The lowest BCUT2D eigenvalue weighted by atomic mass is 9.98. The number of hydrogen-bond acceptors (Lipinski definition) is 4. The molecule has 0 saturated carbocycles. The highest BCUT2D eigenvalue weighted by molar-refractivity contribution is 9.10.